The van der Waals surface area contributed by atoms with Gasteiger partial charge in [-0.1, -0.05) is 5.16 Å². The fraction of sp³-hybridized carbons (Fsp3) is 0.200. The number of hydrogen-bond acceptors (Lipinski definition) is 4. The predicted octanol–water partition coefficient (Wildman–Crippen LogP) is -0.488. The fourth-order valence-electron chi connectivity index (χ4n) is 0.552. The largest absolute Gasteiger partial charge is 0.360 e. The van der Waals surface area contributed by atoms with E-state index in [2.05, 4.69) is 15.9 Å². The van der Waals surface area contributed by atoms with E-state index in [4.69, 9.17) is 22.6 Å². The normalized spacial score (nSPS) is 9.18. The van der Waals surface area contributed by atoms with Crippen molar-refractivity contribution in [2.45, 2.75) is 6.54 Å². The molecule has 0 fully saturated rings. The maximum atomic E-state index is 5.01. The fourth-order valence-corrected chi connectivity index (χ4v) is 0.624. The molecule has 1 rings (SSSR count). The summed E-state index contributed by atoms with van der Waals surface area (Å²) in [6.07, 6.45) is 1.57. The minimum atomic E-state index is 0.376. The van der Waals surface area contributed by atoms with Crippen LogP contribution in [-0.2, 0) is 6.54 Å². The minimum Gasteiger partial charge on any atom is -0.360 e. The topological polar surface area (TPSA) is 76.1 Å². The summed E-state index contributed by atoms with van der Waals surface area (Å²) < 4.78 is 4.79. The van der Waals surface area contributed by atoms with Crippen LogP contribution in [0.2, 0.25) is 0 Å². The molecule has 0 aliphatic rings. The average molecular weight is 172 g/mol. The Bertz CT molecular complexity index is 222. The van der Waals surface area contributed by atoms with Gasteiger partial charge >= 0.3 is 0 Å². The van der Waals surface area contributed by atoms with Crippen molar-refractivity contribution in [2.75, 3.05) is 0 Å². The van der Waals surface area contributed by atoms with Gasteiger partial charge in [-0.25, -0.2) is 5.84 Å². The van der Waals surface area contributed by atoms with Gasteiger partial charge in [0, 0.05) is 6.07 Å². The summed E-state index contributed by atoms with van der Waals surface area (Å²) in [6, 6.07) is 1.74. The number of rotatable bonds is 2. The number of nitrogens with one attached hydrogen (secondary N) is 2. The van der Waals surface area contributed by atoms with Crippen molar-refractivity contribution in [3.63, 3.8) is 0 Å². The van der Waals surface area contributed by atoms with Crippen LogP contribution in [0.1, 0.15) is 5.76 Å². The molecule has 0 radical (unpaired) electrons. The third-order valence-electron chi connectivity index (χ3n) is 1.05. The first-order valence-corrected chi connectivity index (χ1v) is 3.38. The van der Waals surface area contributed by atoms with Crippen molar-refractivity contribution in [3.05, 3.63) is 18.0 Å². The van der Waals surface area contributed by atoms with Crippen LogP contribution in [-0.4, -0.2) is 10.3 Å². The van der Waals surface area contributed by atoms with Crippen LogP contribution in [0.15, 0.2) is 16.8 Å². The van der Waals surface area contributed by atoms with Crippen LogP contribution >= 0.6 is 12.2 Å². The van der Waals surface area contributed by atoms with E-state index in [-0.39, 0.29) is 0 Å². The number of nitrogens with zero attached hydrogens (tertiary/aromatic N) is 1. The summed E-state index contributed by atoms with van der Waals surface area (Å²) in [7, 11) is 0. The maximum absolute atomic E-state index is 5.01. The summed E-state index contributed by atoms with van der Waals surface area (Å²) in [5, 5.41) is 6.69. The Morgan fingerprint density at radius 1 is 1.82 bits per heavy atom. The lowest BCUT2D eigenvalue weighted by Gasteiger charge is -2.02. The quantitative estimate of drug-likeness (QED) is 0.317. The molecule has 0 bridgehead atoms. The molecule has 5 nitrogen and oxygen atoms in total. The molecule has 6 heteroatoms. The standard InChI is InChI=1S/C5H8N4OS/c6-9-5(11)7-3-4-1-2-8-10-4/h1-2H,3,6H2,(H2,7,9,11). The Balaban J connectivity index is 2.29. The molecule has 0 saturated heterocycles. The van der Waals surface area contributed by atoms with Gasteiger partial charge in [-0.05, 0) is 12.2 Å². The molecular formula is C5H8N4OS. The molecule has 4 N–H and O–H groups in total. The second kappa shape index (κ2) is 3.89. The van der Waals surface area contributed by atoms with Crippen molar-refractivity contribution >= 4 is 17.3 Å². The zero-order chi connectivity index (χ0) is 8.10. The SMILES string of the molecule is NNC(=S)NCc1ccno1. The first-order chi connectivity index (χ1) is 5.33. The smallest absolute Gasteiger partial charge is 0.180 e. The number of hydrogen-bond donors (Lipinski definition) is 3. The van der Waals surface area contributed by atoms with Gasteiger partial charge in [-0.2, -0.15) is 0 Å². The zero-order valence-corrected chi connectivity index (χ0v) is 6.52. The van der Waals surface area contributed by atoms with Crippen LogP contribution < -0.4 is 16.6 Å². The monoisotopic (exact) mass is 172 g/mol. The third kappa shape index (κ3) is 2.52. The van der Waals surface area contributed by atoms with E-state index in [0.717, 1.165) is 0 Å². The molecule has 0 aromatic carbocycles. The average Bonchev–Trinajstić information content (AvgIpc) is 2.52. The highest BCUT2D eigenvalue weighted by molar-refractivity contribution is 7.80. The van der Waals surface area contributed by atoms with Crippen molar-refractivity contribution in [3.8, 4) is 0 Å². The Hall–Kier alpha value is -1.14. The van der Waals surface area contributed by atoms with Crippen molar-refractivity contribution in [2.24, 2.45) is 5.84 Å². The number of aromatic nitrogens is 1. The van der Waals surface area contributed by atoms with Gasteiger partial charge in [0.25, 0.3) is 0 Å². The lowest BCUT2D eigenvalue weighted by atomic mass is 10.5. The first-order valence-electron chi connectivity index (χ1n) is 2.97. The van der Waals surface area contributed by atoms with Gasteiger partial charge in [-0.15, -0.1) is 0 Å². The van der Waals surface area contributed by atoms with E-state index in [1.807, 2.05) is 0 Å². The molecule has 0 aliphatic heterocycles. The molecule has 1 heterocycles. The summed E-state index contributed by atoms with van der Waals surface area (Å²) in [5.74, 6) is 5.72. The third-order valence-corrected chi connectivity index (χ3v) is 1.31. The van der Waals surface area contributed by atoms with Crippen LogP contribution in [0.4, 0.5) is 0 Å². The van der Waals surface area contributed by atoms with E-state index in [1.54, 1.807) is 12.3 Å². The maximum Gasteiger partial charge on any atom is 0.180 e. The molecule has 11 heavy (non-hydrogen) atoms. The molecule has 0 saturated carbocycles. The van der Waals surface area contributed by atoms with E-state index in [9.17, 15) is 0 Å². The molecular weight excluding hydrogens is 164 g/mol. The van der Waals surface area contributed by atoms with E-state index < -0.39 is 0 Å². The van der Waals surface area contributed by atoms with Crippen molar-refractivity contribution < 1.29 is 4.52 Å². The lowest BCUT2D eigenvalue weighted by Crippen LogP contribution is -2.39. The molecule has 1 aromatic heterocycles. The summed E-state index contributed by atoms with van der Waals surface area (Å²) >= 11 is 4.72. The van der Waals surface area contributed by atoms with Gasteiger partial charge in [-0.3, -0.25) is 0 Å². The summed E-state index contributed by atoms with van der Waals surface area (Å²) in [6.45, 7) is 0.489. The van der Waals surface area contributed by atoms with Gasteiger partial charge in [0.2, 0.25) is 0 Å². The van der Waals surface area contributed by atoms with Crippen molar-refractivity contribution in [1.82, 2.24) is 15.9 Å². The van der Waals surface area contributed by atoms with Gasteiger partial charge in [0.05, 0.1) is 12.7 Å². The molecule has 0 amide bonds. The molecule has 0 spiro atoms. The number of nitrogens with two attached hydrogens (primary N) is 1. The van der Waals surface area contributed by atoms with E-state index >= 15 is 0 Å². The molecule has 0 aliphatic carbocycles. The van der Waals surface area contributed by atoms with Crippen LogP contribution in [0, 0.1) is 0 Å². The Labute approximate surface area is 68.9 Å². The van der Waals surface area contributed by atoms with Crippen LogP contribution in [0.3, 0.4) is 0 Å². The molecule has 0 atom stereocenters. The summed E-state index contributed by atoms with van der Waals surface area (Å²) in [4.78, 5) is 0. The first kappa shape index (κ1) is 7.96. The van der Waals surface area contributed by atoms with Gasteiger partial charge < -0.3 is 15.3 Å². The number of hydrazine groups is 1. The van der Waals surface area contributed by atoms with E-state index in [1.165, 1.54) is 0 Å². The zero-order valence-electron chi connectivity index (χ0n) is 5.70. The Morgan fingerprint density at radius 2 is 2.64 bits per heavy atom. The number of thiocarbonyl (C=S) groups is 1. The predicted molar refractivity (Wildman–Crippen MR) is 43.3 cm³/mol. The second-order valence-electron chi connectivity index (χ2n) is 1.81. The Kier molecular flexibility index (Phi) is 2.82. The van der Waals surface area contributed by atoms with Crippen molar-refractivity contribution in [1.29, 1.82) is 0 Å². The van der Waals surface area contributed by atoms with Gasteiger partial charge in [0.1, 0.15) is 0 Å². The second-order valence-corrected chi connectivity index (χ2v) is 2.21. The highest BCUT2D eigenvalue weighted by atomic mass is 32.1. The minimum absolute atomic E-state index is 0.376. The highest BCUT2D eigenvalue weighted by Crippen LogP contribution is 1.93. The molecule has 60 valence electrons. The lowest BCUT2D eigenvalue weighted by molar-refractivity contribution is 0.380. The van der Waals surface area contributed by atoms with E-state index in [0.29, 0.717) is 17.4 Å². The highest BCUT2D eigenvalue weighted by Gasteiger charge is 1.96. The molecule has 1 aromatic rings. The summed E-state index contributed by atoms with van der Waals surface area (Å²) in [5.41, 5.74) is 2.29. The van der Waals surface area contributed by atoms with Crippen LogP contribution in [0.5, 0.6) is 0 Å². The van der Waals surface area contributed by atoms with Gasteiger partial charge in [0.15, 0.2) is 10.9 Å². The molecule has 0 unspecified atom stereocenters. The Morgan fingerprint density at radius 3 is 3.18 bits per heavy atom. The van der Waals surface area contributed by atoms with Crippen LogP contribution in [0.25, 0.3) is 0 Å².